The topological polar surface area (TPSA) is 64.6 Å². The zero-order valence-electron chi connectivity index (χ0n) is 13.0. The quantitative estimate of drug-likeness (QED) is 0.818. The van der Waals surface area contributed by atoms with Gasteiger partial charge in [0, 0.05) is 17.0 Å². The fourth-order valence-electron chi connectivity index (χ4n) is 2.29. The highest BCUT2D eigenvalue weighted by atomic mass is 32.1. The van der Waals surface area contributed by atoms with Crippen molar-refractivity contribution in [3.05, 3.63) is 57.8 Å². The van der Waals surface area contributed by atoms with Crippen LogP contribution in [0.5, 0.6) is 5.75 Å². The molecule has 0 saturated carbocycles. The normalized spacial score (nSPS) is 12.6. The van der Waals surface area contributed by atoms with E-state index in [-0.39, 0.29) is 19.1 Å². The van der Waals surface area contributed by atoms with E-state index in [0.29, 0.717) is 12.1 Å². The Morgan fingerprint density at radius 1 is 1.21 bits per heavy atom. The molecular weight excluding hydrogens is 326 g/mol. The number of carbonyl (C=O) groups excluding carboxylic acids is 2. The molecule has 1 aromatic carbocycles. The smallest absolute Gasteiger partial charge is 0.338 e. The van der Waals surface area contributed by atoms with Gasteiger partial charge in [-0.1, -0.05) is 24.3 Å². The SMILES string of the molecule is O=C(COC(=O)C1=Cc2ccccc2OC1)NCCc1cccs1. The molecule has 0 saturated heterocycles. The lowest BCUT2D eigenvalue weighted by molar-refractivity contribution is -0.145. The molecule has 3 rings (SSSR count). The number of hydrogen-bond acceptors (Lipinski definition) is 5. The molecule has 0 aliphatic carbocycles. The molecular formula is C18H17NO4S. The average molecular weight is 343 g/mol. The Hall–Kier alpha value is -2.60. The summed E-state index contributed by atoms with van der Waals surface area (Å²) in [6.45, 7) is 0.383. The fraction of sp³-hybridized carbons (Fsp3) is 0.222. The molecule has 124 valence electrons. The molecule has 1 aliphatic heterocycles. The Bertz CT molecular complexity index is 752. The van der Waals surface area contributed by atoms with Crippen LogP contribution in [0.3, 0.4) is 0 Å². The summed E-state index contributed by atoms with van der Waals surface area (Å²) in [5.41, 5.74) is 1.23. The second kappa shape index (κ2) is 7.79. The van der Waals surface area contributed by atoms with Crippen molar-refractivity contribution in [2.45, 2.75) is 6.42 Å². The van der Waals surface area contributed by atoms with E-state index in [9.17, 15) is 9.59 Å². The zero-order valence-corrected chi connectivity index (χ0v) is 13.8. The Morgan fingerprint density at radius 2 is 2.08 bits per heavy atom. The van der Waals surface area contributed by atoms with Gasteiger partial charge in [-0.2, -0.15) is 0 Å². The lowest BCUT2D eigenvalue weighted by Crippen LogP contribution is -2.31. The Labute approximate surface area is 143 Å². The van der Waals surface area contributed by atoms with Crippen molar-refractivity contribution in [2.24, 2.45) is 0 Å². The molecule has 0 fully saturated rings. The first-order valence-corrected chi connectivity index (χ1v) is 8.49. The lowest BCUT2D eigenvalue weighted by Gasteiger charge is -2.16. The van der Waals surface area contributed by atoms with Crippen LogP contribution in [0.1, 0.15) is 10.4 Å². The van der Waals surface area contributed by atoms with Gasteiger partial charge in [-0.25, -0.2) is 4.79 Å². The van der Waals surface area contributed by atoms with E-state index in [1.54, 1.807) is 17.4 Å². The summed E-state index contributed by atoms with van der Waals surface area (Å²) < 4.78 is 10.6. The largest absolute Gasteiger partial charge is 0.488 e. The fourth-order valence-corrected chi connectivity index (χ4v) is 3.00. The van der Waals surface area contributed by atoms with E-state index in [2.05, 4.69) is 5.32 Å². The number of ether oxygens (including phenoxy) is 2. The molecule has 1 aliphatic rings. The van der Waals surface area contributed by atoms with E-state index in [1.165, 1.54) is 4.88 Å². The predicted octanol–water partition coefficient (Wildman–Crippen LogP) is 2.43. The van der Waals surface area contributed by atoms with Gasteiger partial charge in [0.05, 0.1) is 5.57 Å². The molecule has 0 spiro atoms. The Morgan fingerprint density at radius 3 is 2.92 bits per heavy atom. The minimum Gasteiger partial charge on any atom is -0.488 e. The Kier molecular flexibility index (Phi) is 5.28. The summed E-state index contributed by atoms with van der Waals surface area (Å²) in [5.74, 6) is -0.101. The number of benzene rings is 1. The van der Waals surface area contributed by atoms with E-state index in [4.69, 9.17) is 9.47 Å². The summed E-state index contributed by atoms with van der Waals surface area (Å²) in [6.07, 6.45) is 2.50. The number of hydrogen-bond donors (Lipinski definition) is 1. The van der Waals surface area contributed by atoms with Gasteiger partial charge in [-0.05, 0) is 30.0 Å². The number of thiophene rings is 1. The third kappa shape index (κ3) is 4.23. The minimum atomic E-state index is -0.530. The first-order chi connectivity index (χ1) is 11.7. The molecule has 2 heterocycles. The summed E-state index contributed by atoms with van der Waals surface area (Å²) in [7, 11) is 0. The van der Waals surface area contributed by atoms with Gasteiger partial charge < -0.3 is 14.8 Å². The molecule has 0 unspecified atom stereocenters. The number of para-hydroxylation sites is 1. The maximum Gasteiger partial charge on any atom is 0.338 e. The van der Waals surface area contributed by atoms with Crippen molar-refractivity contribution in [1.82, 2.24) is 5.32 Å². The molecule has 6 heteroatoms. The number of carbonyl (C=O) groups is 2. The van der Waals surface area contributed by atoms with E-state index < -0.39 is 5.97 Å². The van der Waals surface area contributed by atoms with Gasteiger partial charge in [0.1, 0.15) is 12.4 Å². The van der Waals surface area contributed by atoms with Crippen molar-refractivity contribution >= 4 is 29.3 Å². The van der Waals surface area contributed by atoms with Gasteiger partial charge >= 0.3 is 5.97 Å². The monoisotopic (exact) mass is 343 g/mol. The molecule has 1 N–H and O–H groups in total. The van der Waals surface area contributed by atoms with Crippen molar-refractivity contribution in [3.8, 4) is 5.75 Å². The maximum absolute atomic E-state index is 12.0. The van der Waals surface area contributed by atoms with Gasteiger partial charge in [0.15, 0.2) is 6.61 Å². The van der Waals surface area contributed by atoms with E-state index >= 15 is 0 Å². The molecule has 1 amide bonds. The van der Waals surface area contributed by atoms with Crippen LogP contribution in [0.2, 0.25) is 0 Å². The molecule has 0 atom stereocenters. The lowest BCUT2D eigenvalue weighted by atomic mass is 10.1. The van der Waals surface area contributed by atoms with Gasteiger partial charge in [-0.3, -0.25) is 4.79 Å². The number of fused-ring (bicyclic) bond motifs is 1. The van der Waals surface area contributed by atoms with Crippen LogP contribution >= 0.6 is 11.3 Å². The zero-order chi connectivity index (χ0) is 16.8. The van der Waals surface area contributed by atoms with E-state index in [1.807, 2.05) is 41.8 Å². The predicted molar refractivity (Wildman–Crippen MR) is 91.9 cm³/mol. The van der Waals surface area contributed by atoms with Gasteiger partial charge in [-0.15, -0.1) is 11.3 Å². The average Bonchev–Trinajstić information content (AvgIpc) is 3.12. The summed E-state index contributed by atoms with van der Waals surface area (Å²) >= 11 is 1.65. The van der Waals surface area contributed by atoms with Gasteiger partial charge in [0.25, 0.3) is 5.91 Å². The molecule has 1 aromatic heterocycles. The van der Waals surface area contributed by atoms with Crippen LogP contribution < -0.4 is 10.1 Å². The number of rotatable bonds is 6. The maximum atomic E-state index is 12.0. The number of amides is 1. The van der Waals surface area contributed by atoms with Crippen LogP contribution in [-0.2, 0) is 20.7 Å². The first-order valence-electron chi connectivity index (χ1n) is 7.61. The molecule has 0 radical (unpaired) electrons. The third-order valence-corrected chi connectivity index (χ3v) is 4.44. The van der Waals surface area contributed by atoms with Crippen molar-refractivity contribution in [3.63, 3.8) is 0 Å². The molecule has 5 nitrogen and oxygen atoms in total. The Balaban J connectivity index is 1.44. The van der Waals surface area contributed by atoms with Crippen LogP contribution in [0.4, 0.5) is 0 Å². The van der Waals surface area contributed by atoms with Gasteiger partial charge in [0.2, 0.25) is 0 Å². The molecule has 24 heavy (non-hydrogen) atoms. The minimum absolute atomic E-state index is 0.149. The van der Waals surface area contributed by atoms with Crippen molar-refractivity contribution < 1.29 is 19.1 Å². The second-order valence-corrected chi connectivity index (χ2v) is 6.28. The van der Waals surface area contributed by atoms with Crippen LogP contribution in [-0.4, -0.2) is 31.6 Å². The standard InChI is InChI=1S/C18H17NO4S/c20-17(19-8-7-15-5-3-9-24-15)12-23-18(21)14-10-13-4-1-2-6-16(13)22-11-14/h1-6,9-10H,7-8,11-12H2,(H,19,20). The summed E-state index contributed by atoms with van der Waals surface area (Å²) in [6, 6.07) is 11.4. The van der Waals surface area contributed by atoms with Crippen LogP contribution in [0.15, 0.2) is 47.4 Å². The highest BCUT2D eigenvalue weighted by Gasteiger charge is 2.18. The molecule has 0 bridgehead atoms. The second-order valence-electron chi connectivity index (χ2n) is 5.25. The van der Waals surface area contributed by atoms with Crippen LogP contribution in [0, 0.1) is 0 Å². The van der Waals surface area contributed by atoms with Crippen molar-refractivity contribution in [2.75, 3.05) is 19.8 Å². The highest BCUT2D eigenvalue weighted by Crippen LogP contribution is 2.25. The van der Waals surface area contributed by atoms with Crippen LogP contribution in [0.25, 0.3) is 6.08 Å². The number of esters is 1. The number of nitrogens with one attached hydrogen (secondary N) is 1. The summed E-state index contributed by atoms with van der Waals surface area (Å²) in [4.78, 5) is 24.9. The van der Waals surface area contributed by atoms with Crippen molar-refractivity contribution in [1.29, 1.82) is 0 Å². The summed E-state index contributed by atoms with van der Waals surface area (Å²) in [5, 5.41) is 4.73. The molecule has 2 aromatic rings. The highest BCUT2D eigenvalue weighted by molar-refractivity contribution is 7.09. The van der Waals surface area contributed by atoms with E-state index in [0.717, 1.165) is 17.7 Å². The third-order valence-electron chi connectivity index (χ3n) is 3.50. The first kappa shape index (κ1) is 16.3.